The van der Waals surface area contributed by atoms with Gasteiger partial charge < -0.3 is 15.4 Å². The van der Waals surface area contributed by atoms with Gasteiger partial charge in [0.2, 0.25) is 5.91 Å². The second-order valence-electron chi connectivity index (χ2n) is 6.15. The number of nitrogens with zero attached hydrogens (tertiary/aromatic N) is 2. The second-order valence-corrected chi connectivity index (χ2v) is 6.15. The van der Waals surface area contributed by atoms with E-state index in [0.29, 0.717) is 24.3 Å². The number of amides is 2. The summed E-state index contributed by atoms with van der Waals surface area (Å²) in [6.07, 6.45) is 5.79. The molecule has 0 aliphatic carbocycles. The number of carbonyl (C=O) groups is 2. The normalized spacial score (nSPS) is 16.6. The molecule has 0 saturated carbocycles. The quantitative estimate of drug-likeness (QED) is 0.840. The molecule has 1 aromatic heterocycles. The Kier molecular flexibility index (Phi) is 5.45. The number of aromatic nitrogens is 2. The van der Waals surface area contributed by atoms with Crippen molar-refractivity contribution in [2.75, 3.05) is 11.9 Å². The molecule has 1 aliphatic rings. The Morgan fingerprint density at radius 1 is 1.32 bits per heavy atom. The fourth-order valence-corrected chi connectivity index (χ4v) is 2.73. The maximum absolute atomic E-state index is 12.3. The predicted molar refractivity (Wildman–Crippen MR) is 93.1 cm³/mol. The number of anilines is 1. The average molecular weight is 342 g/mol. The Bertz CT molecular complexity index is 733. The van der Waals surface area contributed by atoms with Crippen LogP contribution in [0.4, 0.5) is 5.69 Å². The molecule has 1 aromatic carbocycles. The van der Waals surface area contributed by atoms with Crippen molar-refractivity contribution in [3.63, 3.8) is 0 Å². The van der Waals surface area contributed by atoms with Crippen LogP contribution in [0.5, 0.6) is 0 Å². The van der Waals surface area contributed by atoms with Crippen LogP contribution in [-0.4, -0.2) is 34.3 Å². The number of benzene rings is 1. The van der Waals surface area contributed by atoms with Crippen LogP contribution in [0.1, 0.15) is 35.7 Å². The molecule has 7 heteroatoms. The van der Waals surface area contributed by atoms with Gasteiger partial charge in [0.1, 0.15) is 0 Å². The smallest absolute Gasteiger partial charge is 0.255 e. The molecule has 1 saturated heterocycles. The summed E-state index contributed by atoms with van der Waals surface area (Å²) in [6, 6.07) is 7.13. The molecule has 3 rings (SSSR count). The molecule has 1 unspecified atom stereocenters. The summed E-state index contributed by atoms with van der Waals surface area (Å²) in [7, 11) is 0. The van der Waals surface area contributed by atoms with Crippen LogP contribution in [0.25, 0.3) is 0 Å². The maximum atomic E-state index is 12.3. The van der Waals surface area contributed by atoms with Gasteiger partial charge in [-0.1, -0.05) is 12.1 Å². The number of carbonyl (C=O) groups excluding carboxylic acids is 2. The lowest BCUT2D eigenvalue weighted by atomic mass is 10.1. The highest BCUT2D eigenvalue weighted by molar-refractivity contribution is 6.04. The molecule has 1 aliphatic heterocycles. The Morgan fingerprint density at radius 2 is 2.12 bits per heavy atom. The summed E-state index contributed by atoms with van der Waals surface area (Å²) >= 11 is 0. The molecule has 2 heterocycles. The summed E-state index contributed by atoms with van der Waals surface area (Å²) in [4.78, 5) is 23.2. The van der Waals surface area contributed by atoms with Crippen LogP contribution in [0.15, 0.2) is 36.7 Å². The van der Waals surface area contributed by atoms with E-state index in [1.807, 2.05) is 18.3 Å². The minimum Gasteiger partial charge on any atom is -0.376 e. The van der Waals surface area contributed by atoms with Crippen molar-refractivity contribution >= 4 is 17.5 Å². The maximum Gasteiger partial charge on any atom is 0.255 e. The van der Waals surface area contributed by atoms with Crippen molar-refractivity contribution in [1.29, 1.82) is 0 Å². The molecular formula is C18H22N4O3. The average Bonchev–Trinajstić information content (AvgIpc) is 3.26. The largest absolute Gasteiger partial charge is 0.376 e. The number of ether oxygens (including phenoxy) is 1. The van der Waals surface area contributed by atoms with E-state index in [2.05, 4.69) is 15.7 Å². The lowest BCUT2D eigenvalue weighted by Gasteiger charge is -2.08. The third-order valence-corrected chi connectivity index (χ3v) is 4.06. The zero-order valence-corrected chi connectivity index (χ0v) is 14.2. The SMILES string of the molecule is CC(=O)NCc1ccc(C(=O)Nc2cnn(CC3CCCO3)c2)cc1. The van der Waals surface area contributed by atoms with E-state index in [9.17, 15) is 9.59 Å². The second kappa shape index (κ2) is 7.94. The molecular weight excluding hydrogens is 320 g/mol. The van der Waals surface area contributed by atoms with E-state index >= 15 is 0 Å². The van der Waals surface area contributed by atoms with Gasteiger partial charge in [0.15, 0.2) is 0 Å². The van der Waals surface area contributed by atoms with Crippen molar-refractivity contribution < 1.29 is 14.3 Å². The van der Waals surface area contributed by atoms with Crippen molar-refractivity contribution in [2.24, 2.45) is 0 Å². The highest BCUT2D eigenvalue weighted by atomic mass is 16.5. The highest BCUT2D eigenvalue weighted by Gasteiger charge is 2.16. The van der Waals surface area contributed by atoms with Crippen LogP contribution in [-0.2, 0) is 22.6 Å². The van der Waals surface area contributed by atoms with Gasteiger partial charge in [0.05, 0.1) is 24.5 Å². The van der Waals surface area contributed by atoms with Crippen molar-refractivity contribution in [3.8, 4) is 0 Å². The molecule has 0 bridgehead atoms. The minimum absolute atomic E-state index is 0.0816. The fourth-order valence-electron chi connectivity index (χ4n) is 2.73. The third-order valence-electron chi connectivity index (χ3n) is 4.06. The van der Waals surface area contributed by atoms with Gasteiger partial charge in [-0.15, -0.1) is 0 Å². The standard InChI is InChI=1S/C18H22N4O3/c1-13(23)19-9-14-4-6-15(7-5-14)18(24)21-16-10-20-22(11-16)12-17-3-2-8-25-17/h4-7,10-11,17H,2-3,8-9,12H2,1H3,(H,19,23)(H,21,24). The van der Waals surface area contributed by atoms with Crippen molar-refractivity contribution in [2.45, 2.75) is 39.0 Å². The molecule has 2 amide bonds. The molecule has 2 N–H and O–H groups in total. The summed E-state index contributed by atoms with van der Waals surface area (Å²) < 4.78 is 7.38. The van der Waals surface area contributed by atoms with Gasteiger partial charge in [-0.05, 0) is 30.5 Å². The molecule has 0 radical (unpaired) electrons. The van der Waals surface area contributed by atoms with Crippen LogP contribution in [0.3, 0.4) is 0 Å². The van der Waals surface area contributed by atoms with E-state index in [1.54, 1.807) is 23.0 Å². The molecule has 7 nitrogen and oxygen atoms in total. The number of hydrogen-bond donors (Lipinski definition) is 2. The molecule has 2 aromatic rings. The first-order chi connectivity index (χ1) is 12.1. The van der Waals surface area contributed by atoms with Crippen molar-refractivity contribution in [3.05, 3.63) is 47.8 Å². The first-order valence-electron chi connectivity index (χ1n) is 8.39. The van der Waals surface area contributed by atoms with E-state index in [1.165, 1.54) is 6.92 Å². The first-order valence-corrected chi connectivity index (χ1v) is 8.39. The molecule has 1 fully saturated rings. The third kappa shape index (κ3) is 4.90. The highest BCUT2D eigenvalue weighted by Crippen LogP contribution is 2.15. The van der Waals surface area contributed by atoms with Gasteiger partial charge in [-0.2, -0.15) is 5.10 Å². The van der Waals surface area contributed by atoms with Gasteiger partial charge in [-0.3, -0.25) is 14.3 Å². The molecule has 25 heavy (non-hydrogen) atoms. The van der Waals surface area contributed by atoms with Crippen LogP contribution in [0.2, 0.25) is 0 Å². The predicted octanol–water partition coefficient (Wildman–Crippen LogP) is 1.95. The Labute approximate surface area is 146 Å². The summed E-state index contributed by atoms with van der Waals surface area (Å²) in [6.45, 7) is 3.44. The Morgan fingerprint density at radius 3 is 2.80 bits per heavy atom. The van der Waals surface area contributed by atoms with E-state index < -0.39 is 0 Å². The summed E-state index contributed by atoms with van der Waals surface area (Å²) in [5.74, 6) is -0.274. The lowest BCUT2D eigenvalue weighted by molar-refractivity contribution is -0.119. The topological polar surface area (TPSA) is 85.3 Å². The van der Waals surface area contributed by atoms with E-state index in [4.69, 9.17) is 4.74 Å². The summed E-state index contributed by atoms with van der Waals surface area (Å²) in [5.41, 5.74) is 2.15. The first kappa shape index (κ1) is 17.2. The zero-order chi connectivity index (χ0) is 17.6. The van der Waals surface area contributed by atoms with E-state index in [0.717, 1.165) is 25.0 Å². The number of rotatable bonds is 6. The Hall–Kier alpha value is -2.67. The lowest BCUT2D eigenvalue weighted by Crippen LogP contribution is -2.19. The van der Waals surface area contributed by atoms with Gasteiger partial charge in [0, 0.05) is 31.8 Å². The van der Waals surface area contributed by atoms with Gasteiger partial charge in [-0.25, -0.2) is 0 Å². The monoisotopic (exact) mass is 342 g/mol. The molecule has 0 spiro atoms. The van der Waals surface area contributed by atoms with Crippen LogP contribution >= 0.6 is 0 Å². The number of hydrogen-bond acceptors (Lipinski definition) is 4. The minimum atomic E-state index is -0.192. The summed E-state index contributed by atoms with van der Waals surface area (Å²) in [5, 5.41) is 9.83. The van der Waals surface area contributed by atoms with Crippen LogP contribution < -0.4 is 10.6 Å². The van der Waals surface area contributed by atoms with Gasteiger partial charge in [0.25, 0.3) is 5.91 Å². The number of nitrogens with one attached hydrogen (secondary N) is 2. The van der Waals surface area contributed by atoms with E-state index in [-0.39, 0.29) is 17.9 Å². The van der Waals surface area contributed by atoms with Crippen LogP contribution in [0, 0.1) is 0 Å². The molecule has 132 valence electrons. The van der Waals surface area contributed by atoms with Gasteiger partial charge >= 0.3 is 0 Å². The van der Waals surface area contributed by atoms with Crippen molar-refractivity contribution in [1.82, 2.24) is 15.1 Å². The fraction of sp³-hybridized carbons (Fsp3) is 0.389. The zero-order valence-electron chi connectivity index (χ0n) is 14.2. The Balaban J connectivity index is 1.54. The molecule has 1 atom stereocenters.